The Morgan fingerprint density at radius 1 is 0.667 bits per heavy atom. The molecule has 48 heavy (non-hydrogen) atoms. The molecular weight excluding hydrogens is 639 g/mol. The average Bonchev–Trinajstić information content (AvgIpc) is 3.02. The lowest BCUT2D eigenvalue weighted by atomic mass is 10.0. The van der Waals surface area contributed by atoms with Crippen LogP contribution in [-0.4, -0.2) is 74.7 Å². The maximum atomic E-state index is 12.4. The summed E-state index contributed by atoms with van der Waals surface area (Å²) in [6, 6.07) is 0. The number of phosphoric ester groups is 1. The summed E-state index contributed by atoms with van der Waals surface area (Å²) in [5, 5.41) is 30.2. The fourth-order valence-electron chi connectivity index (χ4n) is 4.59. The van der Waals surface area contributed by atoms with Gasteiger partial charge in [0.05, 0.1) is 24.9 Å². The van der Waals surface area contributed by atoms with Crippen molar-refractivity contribution >= 4 is 19.8 Å². The number of hydrogen-bond acceptors (Lipinski definition) is 9. The zero-order valence-corrected chi connectivity index (χ0v) is 30.3. The predicted octanol–water partition coefficient (Wildman–Crippen LogP) is 6.78. The second kappa shape index (κ2) is 29.8. The Kier molecular flexibility index (Phi) is 28.5. The van der Waals surface area contributed by atoms with Gasteiger partial charge in [-0.05, 0) is 31.6 Å². The lowest BCUT2D eigenvalue weighted by Crippen LogP contribution is -2.29. The van der Waals surface area contributed by atoms with Crippen molar-refractivity contribution in [2.75, 3.05) is 13.2 Å². The lowest BCUT2D eigenvalue weighted by Gasteiger charge is -2.19. The largest absolute Gasteiger partial charge is 0.469 e. The summed E-state index contributed by atoms with van der Waals surface area (Å²) in [5.41, 5.74) is 0. The smallest absolute Gasteiger partial charge is 0.462 e. The molecule has 0 fully saturated rings. The van der Waals surface area contributed by atoms with Crippen LogP contribution in [0.1, 0.15) is 124 Å². The van der Waals surface area contributed by atoms with Crippen molar-refractivity contribution in [2.45, 2.75) is 148 Å². The molecule has 4 atom stereocenters. The molecule has 0 spiro atoms. The van der Waals surface area contributed by atoms with Gasteiger partial charge in [0.2, 0.25) is 0 Å². The van der Waals surface area contributed by atoms with Gasteiger partial charge in [0.15, 0.2) is 6.10 Å². The first-order chi connectivity index (χ1) is 22.8. The summed E-state index contributed by atoms with van der Waals surface area (Å²) in [4.78, 5) is 42.6. The van der Waals surface area contributed by atoms with E-state index in [9.17, 15) is 29.5 Å². The molecular formula is C36H63O11P. The Hall–Kier alpha value is -2.11. The van der Waals surface area contributed by atoms with Crippen molar-refractivity contribution in [3.63, 3.8) is 0 Å². The number of aliphatic hydroxyl groups is 3. The minimum atomic E-state index is -4.84. The summed E-state index contributed by atoms with van der Waals surface area (Å²) < 4.78 is 26.0. The van der Waals surface area contributed by atoms with Crippen LogP contribution in [0.5, 0.6) is 0 Å². The Morgan fingerprint density at radius 2 is 1.23 bits per heavy atom. The maximum Gasteiger partial charge on any atom is 0.469 e. The second-order valence-corrected chi connectivity index (χ2v) is 13.8. The molecule has 0 unspecified atom stereocenters. The van der Waals surface area contributed by atoms with Gasteiger partial charge in [-0.3, -0.25) is 14.1 Å². The molecule has 0 amide bonds. The molecule has 0 aromatic carbocycles. The van der Waals surface area contributed by atoms with Crippen LogP contribution in [0.2, 0.25) is 0 Å². The lowest BCUT2D eigenvalue weighted by molar-refractivity contribution is -0.161. The average molecular weight is 703 g/mol. The molecule has 11 nitrogen and oxygen atoms in total. The van der Waals surface area contributed by atoms with Crippen LogP contribution in [0.25, 0.3) is 0 Å². The Bertz CT molecular complexity index is 986. The van der Waals surface area contributed by atoms with E-state index in [1.807, 2.05) is 0 Å². The monoisotopic (exact) mass is 702 g/mol. The number of unbranched alkanes of at least 4 members (excludes halogenated alkanes) is 8. The van der Waals surface area contributed by atoms with E-state index in [4.69, 9.17) is 19.3 Å². The van der Waals surface area contributed by atoms with Crippen molar-refractivity contribution in [1.29, 1.82) is 0 Å². The summed E-state index contributed by atoms with van der Waals surface area (Å²) in [5.74, 6) is -0.494. The molecule has 0 rings (SSSR count). The standard InChI is InChI=1S/C36H63O11P/c1-4-5-15-22-31(37)23-17-12-9-10-13-18-24-33(38)34(39)25-20-27-36(41)47-32(29-46-48(42,43)44)28-45-35(40)26-19-14-8-6-7-11-16-21-30(2)3/h9-10,12-13,17-18,23-24,30-34,37-39H,4-8,11,14-16,19-22,25-29H2,1-3H3,(H2,42,43,44)/b12-9-,13-10+,23-17+,24-18+/t31-,32+,33-,34-/m0/s1. The maximum absolute atomic E-state index is 12.4. The first-order valence-electron chi connectivity index (χ1n) is 17.6. The Balaban J connectivity index is 4.42. The molecule has 0 aromatic heterocycles. The summed E-state index contributed by atoms with van der Waals surface area (Å²) in [7, 11) is -4.84. The minimum Gasteiger partial charge on any atom is -0.462 e. The van der Waals surface area contributed by atoms with Gasteiger partial charge in [-0.2, -0.15) is 0 Å². The molecule has 0 saturated heterocycles. The van der Waals surface area contributed by atoms with E-state index in [2.05, 4.69) is 25.3 Å². The number of allylic oxidation sites excluding steroid dienone is 6. The van der Waals surface area contributed by atoms with Gasteiger partial charge in [-0.15, -0.1) is 0 Å². The molecule has 278 valence electrons. The molecule has 0 bridgehead atoms. The van der Waals surface area contributed by atoms with E-state index in [1.54, 1.807) is 42.5 Å². The zero-order valence-electron chi connectivity index (χ0n) is 29.4. The number of phosphoric acid groups is 1. The number of hydrogen-bond donors (Lipinski definition) is 5. The van der Waals surface area contributed by atoms with E-state index in [0.29, 0.717) is 6.42 Å². The van der Waals surface area contributed by atoms with Crippen LogP contribution in [0, 0.1) is 5.92 Å². The molecule has 0 aliphatic heterocycles. The van der Waals surface area contributed by atoms with E-state index in [1.165, 1.54) is 31.8 Å². The molecule has 0 aromatic rings. The second-order valence-electron chi connectivity index (χ2n) is 12.5. The first-order valence-corrected chi connectivity index (χ1v) is 19.1. The highest BCUT2D eigenvalue weighted by molar-refractivity contribution is 7.46. The highest BCUT2D eigenvalue weighted by atomic mass is 31.2. The number of carbonyl (C=O) groups excluding carboxylic acids is 2. The first kappa shape index (κ1) is 45.9. The van der Waals surface area contributed by atoms with Gasteiger partial charge >= 0.3 is 19.8 Å². The van der Waals surface area contributed by atoms with E-state index in [-0.39, 0.29) is 25.7 Å². The van der Waals surface area contributed by atoms with Gasteiger partial charge < -0.3 is 34.6 Å². The van der Waals surface area contributed by atoms with Gasteiger partial charge in [0, 0.05) is 12.8 Å². The highest BCUT2D eigenvalue weighted by Gasteiger charge is 2.23. The number of aliphatic hydroxyl groups excluding tert-OH is 3. The van der Waals surface area contributed by atoms with E-state index in [0.717, 1.165) is 50.9 Å². The van der Waals surface area contributed by atoms with Gasteiger partial charge in [0.1, 0.15) is 6.61 Å². The summed E-state index contributed by atoms with van der Waals surface area (Å²) >= 11 is 0. The van der Waals surface area contributed by atoms with Crippen LogP contribution in [0.15, 0.2) is 48.6 Å². The van der Waals surface area contributed by atoms with Crippen LogP contribution >= 0.6 is 7.82 Å². The van der Waals surface area contributed by atoms with Gasteiger partial charge in [0.25, 0.3) is 0 Å². The normalized spacial score (nSPS) is 15.2. The van der Waals surface area contributed by atoms with Crippen molar-refractivity contribution in [3.05, 3.63) is 48.6 Å². The molecule has 0 radical (unpaired) electrons. The van der Waals surface area contributed by atoms with Crippen molar-refractivity contribution in [2.24, 2.45) is 5.92 Å². The predicted molar refractivity (Wildman–Crippen MR) is 188 cm³/mol. The van der Waals surface area contributed by atoms with Gasteiger partial charge in [-0.25, -0.2) is 4.57 Å². The highest BCUT2D eigenvalue weighted by Crippen LogP contribution is 2.36. The molecule has 12 heteroatoms. The quantitative estimate of drug-likeness (QED) is 0.0231. The van der Waals surface area contributed by atoms with E-state index < -0.39 is 57.4 Å². The summed E-state index contributed by atoms with van der Waals surface area (Å²) in [6.07, 6.45) is 22.4. The molecule has 5 N–H and O–H groups in total. The third-order valence-electron chi connectivity index (χ3n) is 7.39. The van der Waals surface area contributed by atoms with Gasteiger partial charge in [-0.1, -0.05) is 134 Å². The van der Waals surface area contributed by atoms with Crippen LogP contribution in [0.3, 0.4) is 0 Å². The third kappa shape index (κ3) is 31.2. The molecule has 0 saturated carbocycles. The van der Waals surface area contributed by atoms with Crippen molar-refractivity contribution in [1.82, 2.24) is 0 Å². The molecule has 0 aliphatic rings. The Morgan fingerprint density at radius 3 is 1.85 bits per heavy atom. The number of esters is 2. The fourth-order valence-corrected chi connectivity index (χ4v) is 4.95. The minimum absolute atomic E-state index is 0.0895. The number of ether oxygens (including phenoxy) is 2. The van der Waals surface area contributed by atoms with E-state index >= 15 is 0 Å². The number of carbonyl (C=O) groups is 2. The van der Waals surface area contributed by atoms with Crippen molar-refractivity contribution < 1.29 is 53.3 Å². The zero-order chi connectivity index (χ0) is 36.0. The molecule has 0 heterocycles. The van der Waals surface area contributed by atoms with Crippen LogP contribution < -0.4 is 0 Å². The Labute approximate surface area is 288 Å². The fraction of sp³-hybridized carbons (Fsp3) is 0.722. The number of rotatable bonds is 30. The molecule has 0 aliphatic carbocycles. The topological polar surface area (TPSA) is 180 Å². The SMILES string of the molecule is CCCCC[C@H](O)/C=C/C=C\C=C\C=C\[C@H](O)[C@@H](O)CCCC(=O)O[C@H](COC(=O)CCCCCCCCCC(C)C)COP(=O)(O)O. The van der Waals surface area contributed by atoms with Crippen LogP contribution in [0.4, 0.5) is 0 Å². The van der Waals surface area contributed by atoms with Crippen LogP contribution in [-0.2, 0) is 28.2 Å². The van der Waals surface area contributed by atoms with Crippen molar-refractivity contribution in [3.8, 4) is 0 Å². The summed E-state index contributed by atoms with van der Waals surface area (Å²) in [6.45, 7) is 5.49. The third-order valence-corrected chi connectivity index (χ3v) is 7.88.